The molecule has 2 unspecified atom stereocenters. The van der Waals surface area contributed by atoms with Crippen LogP contribution in [0, 0.1) is 11.3 Å². The van der Waals surface area contributed by atoms with Crippen molar-refractivity contribution in [1.82, 2.24) is 0 Å². The molecule has 286 valence electrons. The van der Waals surface area contributed by atoms with E-state index in [0.29, 0.717) is 0 Å². The summed E-state index contributed by atoms with van der Waals surface area (Å²) in [4.78, 5) is 4.69. The highest BCUT2D eigenvalue weighted by Crippen LogP contribution is 2.53. The Labute approximate surface area is 333 Å². The Hall–Kier alpha value is -5.10. The number of hydrogen-bond donors (Lipinski definition) is 1. The van der Waals surface area contributed by atoms with Crippen molar-refractivity contribution in [3.05, 3.63) is 131 Å². The monoisotopic (exact) mass is 742 g/mol. The summed E-state index contributed by atoms with van der Waals surface area (Å²) in [5.74, 6) is 0.180. The highest BCUT2D eigenvalue weighted by atomic mass is 16.5. The van der Waals surface area contributed by atoms with Crippen LogP contribution in [-0.4, -0.2) is 17.9 Å². The zero-order valence-corrected chi connectivity index (χ0v) is 35.1. The molecule has 1 aliphatic carbocycles. The summed E-state index contributed by atoms with van der Waals surface area (Å²) in [6, 6.07) is 28.4. The number of benzene rings is 4. The molecular formula is C50H55BN2O3. The molecule has 5 nitrogen and oxygen atoms in total. The van der Waals surface area contributed by atoms with E-state index in [1.807, 2.05) is 12.1 Å². The minimum absolute atomic E-state index is 0.00304. The van der Waals surface area contributed by atoms with Gasteiger partial charge in [0.1, 0.15) is 23.1 Å². The van der Waals surface area contributed by atoms with Gasteiger partial charge >= 0.3 is 6.71 Å². The molecule has 1 aromatic heterocycles. The molecule has 0 bridgehead atoms. The Balaban J connectivity index is 1.36. The van der Waals surface area contributed by atoms with Crippen LogP contribution < -0.4 is 20.9 Å². The number of phenols is 1. The largest absolute Gasteiger partial charge is 0.508 e. The van der Waals surface area contributed by atoms with Crippen molar-refractivity contribution in [3.8, 4) is 5.75 Å². The number of rotatable bonds is 2. The second-order valence-electron chi connectivity index (χ2n) is 20.5. The molecule has 4 aliphatic rings. The SMILES string of the molecule is CC(C)(C)C1=CC2C3=C(OC2C=C1)B1c2oc4ccc(C(C)(C)C)cc4c2N(c2ccc(C(C)(C)C)cc2)c2cc(O)cc(c21)N3c1ccc(C(C)(C)C)cc1. The molecule has 0 saturated carbocycles. The lowest BCUT2D eigenvalue weighted by Gasteiger charge is -2.42. The zero-order valence-electron chi connectivity index (χ0n) is 35.1. The summed E-state index contributed by atoms with van der Waals surface area (Å²) in [7, 11) is 0. The van der Waals surface area contributed by atoms with Gasteiger partial charge in [0.15, 0.2) is 0 Å². The average molecular weight is 743 g/mol. The van der Waals surface area contributed by atoms with Crippen LogP contribution in [0.15, 0.2) is 118 Å². The molecule has 2 atom stereocenters. The highest BCUT2D eigenvalue weighted by Gasteiger charge is 2.54. The van der Waals surface area contributed by atoms with E-state index in [1.165, 1.54) is 22.3 Å². The second kappa shape index (κ2) is 12.0. The fourth-order valence-electron chi connectivity index (χ4n) is 9.03. The van der Waals surface area contributed by atoms with Crippen LogP contribution in [-0.2, 0) is 21.0 Å². The first-order valence-electron chi connectivity index (χ1n) is 20.3. The number of aromatic hydroxyl groups is 1. The third kappa shape index (κ3) is 5.65. The number of phenolic OH excluding ortho intramolecular Hbond substituents is 1. The minimum Gasteiger partial charge on any atom is -0.508 e. The predicted octanol–water partition coefficient (Wildman–Crippen LogP) is 11.9. The summed E-state index contributed by atoms with van der Waals surface area (Å²) < 4.78 is 14.4. The first kappa shape index (κ1) is 36.5. The van der Waals surface area contributed by atoms with Gasteiger partial charge in [-0.25, -0.2) is 0 Å². The van der Waals surface area contributed by atoms with Gasteiger partial charge in [-0.05, 0) is 91.9 Å². The third-order valence-corrected chi connectivity index (χ3v) is 12.3. The topological polar surface area (TPSA) is 49.1 Å². The summed E-state index contributed by atoms with van der Waals surface area (Å²) in [5, 5.41) is 12.9. The molecule has 0 radical (unpaired) electrons. The van der Waals surface area contributed by atoms with Gasteiger partial charge in [-0.3, -0.25) is 0 Å². The molecule has 4 heterocycles. The smallest absolute Gasteiger partial charge is 0.340 e. The molecule has 9 rings (SSSR count). The number of ether oxygens (including phenoxy) is 1. The number of allylic oxidation sites excluding steroid dienone is 2. The maximum absolute atomic E-state index is 11.9. The average Bonchev–Trinajstić information content (AvgIpc) is 3.68. The summed E-state index contributed by atoms with van der Waals surface area (Å²) in [5.41, 5.74) is 14.7. The summed E-state index contributed by atoms with van der Waals surface area (Å²) >= 11 is 0. The van der Waals surface area contributed by atoms with Crippen LogP contribution in [0.1, 0.15) is 99.8 Å². The van der Waals surface area contributed by atoms with E-state index in [0.717, 1.165) is 61.9 Å². The van der Waals surface area contributed by atoms with E-state index >= 15 is 0 Å². The van der Waals surface area contributed by atoms with Crippen LogP contribution in [0.3, 0.4) is 0 Å². The maximum Gasteiger partial charge on any atom is 0.340 e. The Kier molecular flexibility index (Phi) is 7.80. The van der Waals surface area contributed by atoms with Crippen molar-refractivity contribution in [1.29, 1.82) is 0 Å². The zero-order chi connectivity index (χ0) is 39.9. The Morgan fingerprint density at radius 2 is 1.16 bits per heavy atom. The van der Waals surface area contributed by atoms with Gasteiger partial charge in [0.25, 0.3) is 0 Å². The Morgan fingerprint density at radius 1 is 0.625 bits per heavy atom. The van der Waals surface area contributed by atoms with Crippen LogP contribution in [0.5, 0.6) is 5.75 Å². The predicted molar refractivity (Wildman–Crippen MR) is 234 cm³/mol. The molecule has 3 aliphatic heterocycles. The van der Waals surface area contributed by atoms with Crippen LogP contribution in [0.25, 0.3) is 11.0 Å². The van der Waals surface area contributed by atoms with Gasteiger partial charge in [0.2, 0.25) is 0 Å². The van der Waals surface area contributed by atoms with E-state index < -0.39 is 0 Å². The van der Waals surface area contributed by atoms with Gasteiger partial charge in [0, 0.05) is 40.3 Å². The normalized spacial score (nSPS) is 19.1. The molecule has 56 heavy (non-hydrogen) atoms. The van der Waals surface area contributed by atoms with Gasteiger partial charge in [-0.1, -0.05) is 126 Å². The Morgan fingerprint density at radius 3 is 1.71 bits per heavy atom. The van der Waals surface area contributed by atoms with Crippen LogP contribution in [0.2, 0.25) is 0 Å². The lowest BCUT2D eigenvalue weighted by Crippen LogP contribution is -2.55. The molecule has 0 spiro atoms. The highest BCUT2D eigenvalue weighted by molar-refractivity contribution is 6.94. The van der Waals surface area contributed by atoms with Crippen molar-refractivity contribution in [3.63, 3.8) is 0 Å². The fourth-order valence-corrected chi connectivity index (χ4v) is 9.03. The molecule has 4 aromatic carbocycles. The van der Waals surface area contributed by atoms with E-state index in [2.05, 4.69) is 178 Å². The van der Waals surface area contributed by atoms with E-state index in [9.17, 15) is 5.11 Å². The van der Waals surface area contributed by atoms with E-state index in [4.69, 9.17) is 9.15 Å². The number of fused-ring (bicyclic) bond motifs is 7. The van der Waals surface area contributed by atoms with Crippen molar-refractivity contribution in [2.24, 2.45) is 11.3 Å². The molecule has 0 amide bonds. The van der Waals surface area contributed by atoms with Crippen LogP contribution in [0.4, 0.5) is 28.4 Å². The van der Waals surface area contributed by atoms with Crippen molar-refractivity contribution < 1.29 is 14.3 Å². The molecule has 0 saturated heterocycles. The first-order chi connectivity index (χ1) is 26.2. The number of anilines is 5. The van der Waals surface area contributed by atoms with E-state index in [1.54, 1.807) is 0 Å². The van der Waals surface area contributed by atoms with Gasteiger partial charge in [-0.15, -0.1) is 0 Å². The third-order valence-electron chi connectivity index (χ3n) is 12.3. The molecular weight excluding hydrogens is 687 g/mol. The van der Waals surface area contributed by atoms with Gasteiger partial charge in [-0.2, -0.15) is 0 Å². The van der Waals surface area contributed by atoms with Crippen molar-refractivity contribution in [2.45, 2.75) is 105 Å². The maximum atomic E-state index is 11.9. The molecule has 0 fully saturated rings. The van der Waals surface area contributed by atoms with Crippen molar-refractivity contribution in [2.75, 3.05) is 9.80 Å². The van der Waals surface area contributed by atoms with E-state index in [-0.39, 0.29) is 46.1 Å². The van der Waals surface area contributed by atoms with Gasteiger partial charge < -0.3 is 24.1 Å². The summed E-state index contributed by atoms with van der Waals surface area (Å²) in [6.07, 6.45) is 6.74. The lowest BCUT2D eigenvalue weighted by atomic mass is 9.38. The van der Waals surface area contributed by atoms with Gasteiger partial charge in [0.05, 0.1) is 23.0 Å². The molecule has 6 heteroatoms. The number of nitrogens with zero attached hydrogens (tertiary/aromatic N) is 2. The standard InChI is InChI=1S/C50H55BN2O3/c1-47(2,3)29-13-19-33(20-14-29)52-38-27-35(54)28-39-42(38)51(45-43(52)36-25-31(49(7,8)9)17-23-40(36)55-45)46-44(37-26-32(50(10,11)12)18-24-41(37)56-46)53(39)34-21-15-30(16-22-34)48(4,5)6/h13-28,36,40,54H,1-12H3. The first-order valence-corrected chi connectivity index (χ1v) is 20.3. The van der Waals surface area contributed by atoms with Crippen molar-refractivity contribution >= 4 is 57.2 Å². The number of hydrogen-bond acceptors (Lipinski definition) is 5. The summed E-state index contributed by atoms with van der Waals surface area (Å²) in [6.45, 7) is 26.8. The molecule has 5 aromatic rings. The minimum atomic E-state index is -0.322. The fraction of sp³-hybridized carbons (Fsp3) is 0.360. The lowest BCUT2D eigenvalue weighted by molar-refractivity contribution is 0.179. The van der Waals surface area contributed by atoms with Crippen LogP contribution >= 0.6 is 0 Å². The molecule has 1 N–H and O–H groups in total. The quantitative estimate of drug-likeness (QED) is 0.183. The Bertz CT molecular complexity index is 2510. The second-order valence-corrected chi connectivity index (χ2v) is 20.5. The number of furan rings is 1.